The standard InChI is InChI=1S/C14H11Cl2NO3/c1-7-12(14(19)20-2)9(13(18)17-7)5-8-3-4-10(15)11(16)6-8/h3-6H,1-2H3,(H,17,18)/b9-5-. The Kier molecular flexibility index (Phi) is 4.16. The van der Waals surface area contributed by atoms with Crippen LogP contribution >= 0.6 is 23.2 Å². The van der Waals surface area contributed by atoms with E-state index >= 15 is 0 Å². The second-order valence-corrected chi connectivity index (χ2v) is 4.99. The van der Waals surface area contributed by atoms with Crippen LogP contribution in [0.15, 0.2) is 35.0 Å². The molecular weight excluding hydrogens is 301 g/mol. The van der Waals surface area contributed by atoms with Gasteiger partial charge in [0.15, 0.2) is 0 Å². The molecule has 0 fully saturated rings. The molecule has 104 valence electrons. The normalized spacial score (nSPS) is 16.6. The Hall–Kier alpha value is -1.78. The Balaban J connectivity index is 2.48. The molecule has 1 aromatic rings. The minimum absolute atomic E-state index is 0.226. The Morgan fingerprint density at radius 3 is 2.60 bits per heavy atom. The fourth-order valence-electron chi connectivity index (χ4n) is 1.89. The lowest BCUT2D eigenvalue weighted by Crippen LogP contribution is -2.15. The van der Waals surface area contributed by atoms with Gasteiger partial charge < -0.3 is 10.1 Å². The van der Waals surface area contributed by atoms with Gasteiger partial charge in [-0.05, 0) is 30.7 Å². The molecule has 0 aliphatic carbocycles. The lowest BCUT2D eigenvalue weighted by atomic mass is 10.0. The number of nitrogens with one attached hydrogen (secondary N) is 1. The van der Waals surface area contributed by atoms with Crippen molar-refractivity contribution in [3.63, 3.8) is 0 Å². The van der Waals surface area contributed by atoms with Crippen molar-refractivity contribution in [2.24, 2.45) is 0 Å². The SMILES string of the molecule is COC(=O)C1=C(C)NC(=O)/C1=C\c1ccc(Cl)c(Cl)c1. The summed E-state index contributed by atoms with van der Waals surface area (Å²) in [6.45, 7) is 1.64. The summed E-state index contributed by atoms with van der Waals surface area (Å²) in [7, 11) is 1.27. The first-order chi connectivity index (χ1) is 9.43. The highest BCUT2D eigenvalue weighted by molar-refractivity contribution is 6.42. The fraction of sp³-hybridized carbons (Fsp3) is 0.143. The van der Waals surface area contributed by atoms with E-state index < -0.39 is 5.97 Å². The Labute approximate surface area is 126 Å². The van der Waals surface area contributed by atoms with E-state index in [1.54, 1.807) is 31.2 Å². The van der Waals surface area contributed by atoms with Crippen LogP contribution < -0.4 is 5.32 Å². The highest BCUT2D eigenvalue weighted by Crippen LogP contribution is 2.27. The molecular formula is C14H11Cl2NO3. The van der Waals surface area contributed by atoms with Gasteiger partial charge in [-0.2, -0.15) is 0 Å². The third-order valence-corrected chi connectivity index (χ3v) is 3.57. The van der Waals surface area contributed by atoms with Gasteiger partial charge in [-0.3, -0.25) is 4.79 Å². The number of hydrogen-bond donors (Lipinski definition) is 1. The molecule has 0 spiro atoms. The van der Waals surface area contributed by atoms with Crippen molar-refractivity contribution in [3.05, 3.63) is 50.7 Å². The van der Waals surface area contributed by atoms with Gasteiger partial charge in [-0.1, -0.05) is 29.3 Å². The van der Waals surface area contributed by atoms with E-state index in [2.05, 4.69) is 10.1 Å². The number of hydrogen-bond acceptors (Lipinski definition) is 3. The number of carbonyl (C=O) groups is 2. The average Bonchev–Trinajstić information content (AvgIpc) is 2.68. The molecule has 0 radical (unpaired) electrons. The number of halogens is 2. The van der Waals surface area contributed by atoms with Crippen LogP contribution in [-0.2, 0) is 14.3 Å². The monoisotopic (exact) mass is 311 g/mol. The molecule has 0 atom stereocenters. The third-order valence-electron chi connectivity index (χ3n) is 2.83. The molecule has 0 saturated heterocycles. The smallest absolute Gasteiger partial charge is 0.340 e. The predicted molar refractivity (Wildman–Crippen MR) is 77.3 cm³/mol. The summed E-state index contributed by atoms with van der Waals surface area (Å²) in [6, 6.07) is 4.95. The minimum Gasteiger partial charge on any atom is -0.465 e. The Bertz CT molecular complexity index is 662. The van der Waals surface area contributed by atoms with E-state index in [1.807, 2.05) is 0 Å². The van der Waals surface area contributed by atoms with Crippen molar-refractivity contribution in [3.8, 4) is 0 Å². The second kappa shape index (κ2) is 5.69. The first-order valence-electron chi connectivity index (χ1n) is 5.71. The summed E-state index contributed by atoms with van der Waals surface area (Å²) in [5.74, 6) is -0.916. The van der Waals surface area contributed by atoms with E-state index in [9.17, 15) is 9.59 Å². The van der Waals surface area contributed by atoms with Gasteiger partial charge >= 0.3 is 5.97 Å². The number of ether oxygens (including phenoxy) is 1. The zero-order chi connectivity index (χ0) is 14.9. The van der Waals surface area contributed by atoms with Crippen molar-refractivity contribution in [1.29, 1.82) is 0 Å². The molecule has 2 rings (SSSR count). The van der Waals surface area contributed by atoms with Gasteiger partial charge in [0.1, 0.15) is 0 Å². The summed E-state index contributed by atoms with van der Waals surface area (Å²) in [5, 5.41) is 3.39. The van der Waals surface area contributed by atoms with Gasteiger partial charge in [0, 0.05) is 5.70 Å². The molecule has 0 bridgehead atoms. The lowest BCUT2D eigenvalue weighted by Gasteiger charge is -2.03. The Morgan fingerprint density at radius 1 is 1.30 bits per heavy atom. The molecule has 1 aliphatic rings. The van der Waals surface area contributed by atoms with Crippen molar-refractivity contribution in [2.45, 2.75) is 6.92 Å². The summed E-state index contributed by atoms with van der Waals surface area (Å²) in [5.41, 5.74) is 1.60. The molecule has 1 N–H and O–H groups in total. The summed E-state index contributed by atoms with van der Waals surface area (Å²) in [4.78, 5) is 23.6. The third kappa shape index (κ3) is 2.71. The van der Waals surface area contributed by atoms with Gasteiger partial charge in [-0.25, -0.2) is 4.79 Å². The van der Waals surface area contributed by atoms with Crippen LogP contribution in [-0.4, -0.2) is 19.0 Å². The highest BCUT2D eigenvalue weighted by Gasteiger charge is 2.30. The highest BCUT2D eigenvalue weighted by atomic mass is 35.5. The molecule has 1 amide bonds. The largest absolute Gasteiger partial charge is 0.465 e. The van der Waals surface area contributed by atoms with Crippen molar-refractivity contribution < 1.29 is 14.3 Å². The quantitative estimate of drug-likeness (QED) is 0.675. The minimum atomic E-state index is -0.563. The Morgan fingerprint density at radius 2 is 2.00 bits per heavy atom. The van der Waals surface area contributed by atoms with Crippen molar-refractivity contribution in [2.75, 3.05) is 7.11 Å². The molecule has 20 heavy (non-hydrogen) atoms. The average molecular weight is 312 g/mol. The van der Waals surface area contributed by atoms with Crippen LogP contribution in [0.5, 0.6) is 0 Å². The first-order valence-corrected chi connectivity index (χ1v) is 6.47. The van der Waals surface area contributed by atoms with Gasteiger partial charge in [-0.15, -0.1) is 0 Å². The van der Waals surface area contributed by atoms with E-state index in [1.165, 1.54) is 7.11 Å². The van der Waals surface area contributed by atoms with Crippen molar-refractivity contribution in [1.82, 2.24) is 5.32 Å². The number of amides is 1. The van der Waals surface area contributed by atoms with Gasteiger partial charge in [0.25, 0.3) is 5.91 Å². The fourth-order valence-corrected chi connectivity index (χ4v) is 2.19. The topological polar surface area (TPSA) is 55.4 Å². The van der Waals surface area contributed by atoms with Crippen LogP contribution in [0.2, 0.25) is 10.0 Å². The molecule has 6 heteroatoms. The number of methoxy groups -OCH3 is 1. The molecule has 1 heterocycles. The van der Waals surface area contributed by atoms with Gasteiger partial charge in [0.2, 0.25) is 0 Å². The molecule has 0 unspecified atom stereocenters. The molecule has 1 aliphatic heterocycles. The maximum Gasteiger partial charge on any atom is 0.340 e. The molecule has 1 aromatic carbocycles. The van der Waals surface area contributed by atoms with E-state index in [0.717, 1.165) is 0 Å². The molecule has 0 aromatic heterocycles. The van der Waals surface area contributed by atoms with E-state index in [4.69, 9.17) is 23.2 Å². The zero-order valence-corrected chi connectivity index (χ0v) is 12.3. The second-order valence-electron chi connectivity index (χ2n) is 4.18. The van der Waals surface area contributed by atoms with Crippen LogP contribution in [0.3, 0.4) is 0 Å². The summed E-state index contributed by atoms with van der Waals surface area (Å²) < 4.78 is 4.69. The summed E-state index contributed by atoms with van der Waals surface area (Å²) in [6.07, 6.45) is 1.57. The number of carbonyl (C=O) groups excluding carboxylic acids is 2. The predicted octanol–water partition coefficient (Wildman–Crippen LogP) is 2.95. The number of allylic oxidation sites excluding steroid dienone is 1. The van der Waals surface area contributed by atoms with Crippen LogP contribution in [0.25, 0.3) is 6.08 Å². The number of esters is 1. The van der Waals surface area contributed by atoms with E-state index in [0.29, 0.717) is 21.3 Å². The van der Waals surface area contributed by atoms with Crippen LogP contribution in [0.1, 0.15) is 12.5 Å². The number of benzene rings is 1. The maximum absolute atomic E-state index is 11.9. The van der Waals surface area contributed by atoms with Crippen LogP contribution in [0.4, 0.5) is 0 Å². The number of rotatable bonds is 2. The van der Waals surface area contributed by atoms with Crippen LogP contribution in [0, 0.1) is 0 Å². The lowest BCUT2D eigenvalue weighted by molar-refractivity contribution is -0.136. The molecule has 4 nitrogen and oxygen atoms in total. The zero-order valence-electron chi connectivity index (χ0n) is 10.8. The van der Waals surface area contributed by atoms with Crippen molar-refractivity contribution >= 4 is 41.2 Å². The van der Waals surface area contributed by atoms with Gasteiger partial charge in [0.05, 0.1) is 28.3 Å². The van der Waals surface area contributed by atoms with E-state index in [-0.39, 0.29) is 17.1 Å². The first kappa shape index (κ1) is 14.6. The summed E-state index contributed by atoms with van der Waals surface area (Å²) >= 11 is 11.8. The maximum atomic E-state index is 11.9. The molecule has 0 saturated carbocycles.